The van der Waals surface area contributed by atoms with Gasteiger partial charge in [0, 0.05) is 32.0 Å². The molecule has 0 spiro atoms. The molecule has 1 aliphatic rings. The maximum atomic E-state index is 12.9. The lowest BCUT2D eigenvalue weighted by Crippen LogP contribution is -2.43. The van der Waals surface area contributed by atoms with Gasteiger partial charge < -0.3 is 16.0 Å². The Hall–Kier alpha value is -3.15. The second-order valence-corrected chi connectivity index (χ2v) is 7.35. The highest BCUT2D eigenvalue weighted by Gasteiger charge is 2.26. The van der Waals surface area contributed by atoms with Crippen molar-refractivity contribution in [3.8, 4) is 0 Å². The second-order valence-electron chi connectivity index (χ2n) is 7.35. The first-order chi connectivity index (χ1) is 14.1. The number of hydrogen-bond donors (Lipinski definition) is 2. The summed E-state index contributed by atoms with van der Waals surface area (Å²) in [6.07, 6.45) is 1.46. The van der Waals surface area contributed by atoms with Crippen LogP contribution < -0.4 is 11.1 Å². The molecular weight excluding hydrogens is 366 g/mol. The highest BCUT2D eigenvalue weighted by Crippen LogP contribution is 2.24. The number of rotatable bonds is 7. The van der Waals surface area contributed by atoms with Crippen molar-refractivity contribution >= 4 is 17.7 Å². The third kappa shape index (κ3) is 5.44. The maximum absolute atomic E-state index is 12.9. The number of carbonyl (C=O) groups is 3. The van der Waals surface area contributed by atoms with Crippen LogP contribution in [0.3, 0.4) is 0 Å². The summed E-state index contributed by atoms with van der Waals surface area (Å²) in [5, 5.41) is 2.92. The van der Waals surface area contributed by atoms with E-state index in [9.17, 15) is 14.4 Å². The molecular formula is C23H27N3O3. The Morgan fingerprint density at radius 1 is 0.931 bits per heavy atom. The Balaban J connectivity index is 1.56. The average Bonchev–Trinajstić information content (AvgIpc) is 2.75. The maximum Gasteiger partial charge on any atom is 0.232 e. The zero-order valence-electron chi connectivity index (χ0n) is 16.4. The minimum absolute atomic E-state index is 0.0100. The van der Waals surface area contributed by atoms with Crippen LogP contribution in [0.5, 0.6) is 0 Å². The largest absolute Gasteiger partial charge is 0.369 e. The monoisotopic (exact) mass is 393 g/mol. The number of nitrogens with one attached hydrogen (secondary N) is 1. The van der Waals surface area contributed by atoms with Gasteiger partial charge in [-0.15, -0.1) is 0 Å². The molecule has 0 aliphatic carbocycles. The van der Waals surface area contributed by atoms with Crippen LogP contribution in [-0.4, -0.2) is 42.3 Å². The predicted molar refractivity (Wildman–Crippen MR) is 111 cm³/mol. The molecule has 1 heterocycles. The fourth-order valence-corrected chi connectivity index (χ4v) is 3.75. The zero-order chi connectivity index (χ0) is 20.6. The Morgan fingerprint density at radius 2 is 1.45 bits per heavy atom. The Kier molecular flexibility index (Phi) is 7.00. The molecule has 0 atom stereocenters. The van der Waals surface area contributed by atoms with E-state index in [4.69, 9.17) is 5.73 Å². The van der Waals surface area contributed by atoms with Gasteiger partial charge in [0.2, 0.25) is 17.7 Å². The number of piperidine rings is 1. The third-order valence-corrected chi connectivity index (χ3v) is 5.42. The van der Waals surface area contributed by atoms with E-state index >= 15 is 0 Å². The third-order valence-electron chi connectivity index (χ3n) is 5.42. The van der Waals surface area contributed by atoms with Gasteiger partial charge in [-0.3, -0.25) is 14.4 Å². The van der Waals surface area contributed by atoms with Gasteiger partial charge in [0.05, 0.1) is 5.92 Å². The van der Waals surface area contributed by atoms with Gasteiger partial charge in [-0.25, -0.2) is 0 Å². The van der Waals surface area contributed by atoms with Crippen LogP contribution in [0.2, 0.25) is 0 Å². The quantitative estimate of drug-likeness (QED) is 0.754. The van der Waals surface area contributed by atoms with Gasteiger partial charge in [-0.05, 0) is 24.0 Å². The normalized spacial score (nSPS) is 14.6. The van der Waals surface area contributed by atoms with Crippen LogP contribution in [-0.2, 0) is 14.4 Å². The molecule has 0 radical (unpaired) electrons. The van der Waals surface area contributed by atoms with Crippen molar-refractivity contribution in [2.24, 2.45) is 11.7 Å². The molecule has 3 amide bonds. The Labute approximate surface area is 171 Å². The molecule has 0 bridgehead atoms. The summed E-state index contributed by atoms with van der Waals surface area (Å²) in [6, 6.07) is 19.2. The van der Waals surface area contributed by atoms with Crippen LogP contribution in [0.4, 0.5) is 0 Å². The number of nitrogens with two attached hydrogens (primary N) is 1. The number of likely N-dealkylation sites (tertiary alicyclic amines) is 1. The summed E-state index contributed by atoms with van der Waals surface area (Å²) in [7, 11) is 0. The van der Waals surface area contributed by atoms with Crippen molar-refractivity contribution in [1.82, 2.24) is 10.2 Å². The minimum atomic E-state index is -0.418. The fourth-order valence-electron chi connectivity index (χ4n) is 3.75. The van der Waals surface area contributed by atoms with Gasteiger partial charge in [0.15, 0.2) is 0 Å². The standard InChI is InChI=1S/C23H27N3O3/c24-22(28)19-12-15-26(16-13-19)20(27)11-14-25-23(29)21(17-7-3-1-4-8-17)18-9-5-2-6-10-18/h1-10,19,21H,11-16H2,(H2,24,28)(H,25,29). The van der Waals surface area contributed by atoms with E-state index < -0.39 is 5.92 Å². The number of carbonyl (C=O) groups excluding carboxylic acids is 3. The van der Waals surface area contributed by atoms with Crippen LogP contribution in [0.1, 0.15) is 36.3 Å². The van der Waals surface area contributed by atoms with Crippen molar-refractivity contribution in [2.75, 3.05) is 19.6 Å². The van der Waals surface area contributed by atoms with Gasteiger partial charge in [-0.2, -0.15) is 0 Å². The Bertz CT molecular complexity index is 791. The van der Waals surface area contributed by atoms with Crippen molar-refractivity contribution < 1.29 is 14.4 Å². The van der Waals surface area contributed by atoms with Gasteiger partial charge >= 0.3 is 0 Å². The summed E-state index contributed by atoms with van der Waals surface area (Å²) in [4.78, 5) is 38.4. The molecule has 1 aliphatic heterocycles. The molecule has 29 heavy (non-hydrogen) atoms. The smallest absolute Gasteiger partial charge is 0.232 e. The van der Waals surface area contributed by atoms with E-state index in [0.29, 0.717) is 25.9 Å². The molecule has 2 aromatic rings. The lowest BCUT2D eigenvalue weighted by atomic mass is 9.90. The molecule has 2 aromatic carbocycles. The number of benzene rings is 2. The lowest BCUT2D eigenvalue weighted by Gasteiger charge is -2.30. The van der Waals surface area contributed by atoms with E-state index in [1.54, 1.807) is 4.90 Å². The first-order valence-corrected chi connectivity index (χ1v) is 10.0. The average molecular weight is 393 g/mol. The van der Waals surface area contributed by atoms with Gasteiger partial charge in [-0.1, -0.05) is 60.7 Å². The number of amides is 3. The summed E-state index contributed by atoms with van der Waals surface area (Å²) in [6.45, 7) is 1.36. The van der Waals surface area contributed by atoms with E-state index in [1.165, 1.54) is 0 Å². The van der Waals surface area contributed by atoms with Crippen molar-refractivity contribution in [1.29, 1.82) is 0 Å². The van der Waals surface area contributed by atoms with Crippen molar-refractivity contribution in [3.05, 3.63) is 71.8 Å². The first-order valence-electron chi connectivity index (χ1n) is 10.0. The molecule has 1 fully saturated rings. The first kappa shape index (κ1) is 20.6. The predicted octanol–water partition coefficient (Wildman–Crippen LogP) is 2.05. The van der Waals surface area contributed by atoms with Crippen LogP contribution in [0, 0.1) is 5.92 Å². The lowest BCUT2D eigenvalue weighted by molar-refractivity contribution is -0.134. The van der Waals surface area contributed by atoms with Crippen LogP contribution >= 0.6 is 0 Å². The molecule has 6 nitrogen and oxygen atoms in total. The molecule has 6 heteroatoms. The van der Waals surface area contributed by atoms with Gasteiger partial charge in [0.25, 0.3) is 0 Å². The van der Waals surface area contributed by atoms with E-state index in [-0.39, 0.29) is 36.6 Å². The molecule has 0 saturated carbocycles. The summed E-state index contributed by atoms with van der Waals surface area (Å²) in [5.74, 6) is -0.987. The highest BCUT2D eigenvalue weighted by atomic mass is 16.2. The van der Waals surface area contributed by atoms with Crippen LogP contribution in [0.15, 0.2) is 60.7 Å². The second kappa shape index (κ2) is 9.87. The molecule has 0 unspecified atom stereocenters. The highest BCUT2D eigenvalue weighted by molar-refractivity contribution is 5.87. The van der Waals surface area contributed by atoms with E-state index in [1.807, 2.05) is 60.7 Å². The van der Waals surface area contributed by atoms with Crippen LogP contribution in [0.25, 0.3) is 0 Å². The molecule has 3 N–H and O–H groups in total. The number of primary amides is 1. The van der Waals surface area contributed by atoms with Crippen molar-refractivity contribution in [3.63, 3.8) is 0 Å². The zero-order valence-corrected chi connectivity index (χ0v) is 16.4. The minimum Gasteiger partial charge on any atom is -0.369 e. The fraction of sp³-hybridized carbons (Fsp3) is 0.348. The molecule has 1 saturated heterocycles. The van der Waals surface area contributed by atoms with Gasteiger partial charge in [0.1, 0.15) is 0 Å². The van der Waals surface area contributed by atoms with E-state index in [2.05, 4.69) is 5.32 Å². The number of nitrogens with zero attached hydrogens (tertiary/aromatic N) is 1. The summed E-state index contributed by atoms with van der Waals surface area (Å²) in [5.41, 5.74) is 7.16. The number of hydrogen-bond acceptors (Lipinski definition) is 3. The summed E-state index contributed by atoms with van der Waals surface area (Å²) < 4.78 is 0. The Morgan fingerprint density at radius 3 is 1.93 bits per heavy atom. The topological polar surface area (TPSA) is 92.5 Å². The van der Waals surface area contributed by atoms with E-state index in [0.717, 1.165) is 11.1 Å². The molecule has 3 rings (SSSR count). The SMILES string of the molecule is NC(=O)C1CCN(C(=O)CCNC(=O)C(c2ccccc2)c2ccccc2)CC1. The molecule has 0 aromatic heterocycles. The summed E-state index contributed by atoms with van der Waals surface area (Å²) >= 11 is 0. The van der Waals surface area contributed by atoms with Crippen molar-refractivity contribution in [2.45, 2.75) is 25.2 Å². The molecule has 152 valence electrons.